The van der Waals surface area contributed by atoms with Gasteiger partial charge in [-0.25, -0.2) is 4.79 Å². The predicted molar refractivity (Wildman–Crippen MR) is 118 cm³/mol. The molecule has 0 bridgehead atoms. The molecule has 6 nitrogen and oxygen atoms in total. The third-order valence-electron chi connectivity index (χ3n) is 5.15. The van der Waals surface area contributed by atoms with Crippen molar-refractivity contribution in [3.8, 4) is 0 Å². The topological polar surface area (TPSA) is 113 Å². The van der Waals surface area contributed by atoms with Gasteiger partial charge in [0.05, 0.1) is 18.2 Å². The molecule has 0 saturated heterocycles. The molecule has 0 radical (unpaired) electrons. The number of ether oxygens (including phenoxy) is 1. The van der Waals surface area contributed by atoms with Gasteiger partial charge in [-0.15, -0.1) is 0 Å². The lowest BCUT2D eigenvalue weighted by Gasteiger charge is -2.28. The molecule has 1 unspecified atom stereocenters. The normalized spacial score (nSPS) is 16.3. The van der Waals surface area contributed by atoms with E-state index in [1.165, 1.54) is 57.8 Å². The summed E-state index contributed by atoms with van der Waals surface area (Å²) in [6.45, 7) is 7.29. The van der Waals surface area contributed by atoms with E-state index >= 15 is 0 Å². The number of aliphatic hydroxyl groups excluding tert-OH is 3. The maximum Gasteiger partial charge on any atom is 0.337 e. The van der Waals surface area contributed by atoms with Crippen molar-refractivity contribution in [1.29, 1.82) is 0 Å². The number of rotatable bonds is 17. The Balaban J connectivity index is 3.82. The Bertz CT molecular complexity index is 411. The van der Waals surface area contributed by atoms with E-state index in [0.717, 1.165) is 19.3 Å². The zero-order valence-electron chi connectivity index (χ0n) is 19.2. The summed E-state index contributed by atoms with van der Waals surface area (Å²) in [6.07, 6.45) is 11.0. The van der Waals surface area contributed by atoms with Gasteiger partial charge in [0.25, 0.3) is 0 Å². The van der Waals surface area contributed by atoms with Gasteiger partial charge in [-0.2, -0.15) is 0 Å². The summed E-state index contributed by atoms with van der Waals surface area (Å²) < 4.78 is 5.07. The number of carbonyl (C=O) groups excluding carboxylic acids is 1. The summed E-state index contributed by atoms with van der Waals surface area (Å²) in [7, 11) is 0. The highest BCUT2D eigenvalue weighted by Crippen LogP contribution is 2.16. The molecular weight excluding hydrogens is 370 g/mol. The first kappa shape index (κ1) is 28.3. The first-order valence-electron chi connectivity index (χ1n) is 11.6. The SMILES string of the molecule is CCCCCCCCCCCCCC[C@@H](O)[C@@H](O)[C@@H](N)C(O)C(=O)OC(C)(C)C. The second-order valence-corrected chi connectivity index (χ2v) is 9.29. The average molecular weight is 418 g/mol. The fourth-order valence-electron chi connectivity index (χ4n) is 3.33. The Morgan fingerprint density at radius 1 is 0.828 bits per heavy atom. The van der Waals surface area contributed by atoms with Crippen LogP contribution in [0.15, 0.2) is 0 Å². The minimum Gasteiger partial charge on any atom is -0.458 e. The highest BCUT2D eigenvalue weighted by Gasteiger charge is 2.35. The molecule has 0 aliphatic carbocycles. The van der Waals surface area contributed by atoms with Gasteiger partial charge in [-0.1, -0.05) is 84.0 Å². The van der Waals surface area contributed by atoms with Crippen LogP contribution in [0.3, 0.4) is 0 Å². The fourth-order valence-corrected chi connectivity index (χ4v) is 3.33. The van der Waals surface area contributed by atoms with Crippen LogP contribution in [0.2, 0.25) is 0 Å². The Kier molecular flexibility index (Phi) is 15.7. The average Bonchev–Trinajstić information content (AvgIpc) is 2.65. The maximum absolute atomic E-state index is 11.9. The molecule has 29 heavy (non-hydrogen) atoms. The highest BCUT2D eigenvalue weighted by atomic mass is 16.6. The van der Waals surface area contributed by atoms with Crippen LogP contribution in [0.25, 0.3) is 0 Å². The van der Waals surface area contributed by atoms with Crippen molar-refractivity contribution in [2.45, 2.75) is 141 Å². The quantitative estimate of drug-likeness (QED) is 0.211. The van der Waals surface area contributed by atoms with E-state index in [9.17, 15) is 20.1 Å². The third kappa shape index (κ3) is 14.9. The minimum absolute atomic E-state index is 0.396. The van der Waals surface area contributed by atoms with Crippen LogP contribution in [0, 0.1) is 0 Å². The van der Waals surface area contributed by atoms with Crippen LogP contribution in [0.4, 0.5) is 0 Å². The van der Waals surface area contributed by atoms with Gasteiger partial charge >= 0.3 is 5.97 Å². The van der Waals surface area contributed by atoms with Crippen molar-refractivity contribution >= 4 is 5.97 Å². The second kappa shape index (κ2) is 16.1. The van der Waals surface area contributed by atoms with Gasteiger partial charge in [0.1, 0.15) is 5.60 Å². The van der Waals surface area contributed by atoms with Crippen molar-refractivity contribution in [1.82, 2.24) is 0 Å². The molecule has 5 N–H and O–H groups in total. The van der Waals surface area contributed by atoms with E-state index in [0.29, 0.717) is 6.42 Å². The number of hydrogen-bond acceptors (Lipinski definition) is 6. The first-order chi connectivity index (χ1) is 13.6. The van der Waals surface area contributed by atoms with E-state index in [1.54, 1.807) is 20.8 Å². The van der Waals surface area contributed by atoms with Crippen LogP contribution in [-0.2, 0) is 9.53 Å². The number of unbranched alkanes of at least 4 members (excludes halogenated alkanes) is 11. The van der Waals surface area contributed by atoms with Gasteiger partial charge in [0.15, 0.2) is 6.10 Å². The number of carbonyl (C=O) groups is 1. The zero-order chi connectivity index (χ0) is 22.3. The minimum atomic E-state index is -1.67. The van der Waals surface area contributed by atoms with Gasteiger partial charge < -0.3 is 25.8 Å². The molecule has 0 fully saturated rings. The number of hydrogen-bond donors (Lipinski definition) is 4. The number of aliphatic hydroxyl groups is 3. The molecule has 0 aromatic carbocycles. The third-order valence-corrected chi connectivity index (χ3v) is 5.15. The molecule has 0 rings (SSSR count). The molecular formula is C23H47NO5. The lowest BCUT2D eigenvalue weighted by molar-refractivity contribution is -0.169. The lowest BCUT2D eigenvalue weighted by atomic mass is 9.96. The standard InChI is InChI=1S/C23H47NO5/c1-5-6-7-8-9-10-11-12-13-14-15-16-17-18(25)20(26)19(24)21(27)22(28)29-23(2,3)4/h18-21,25-27H,5-17,24H2,1-4H3/t18-,19-,20-,21?/m1/s1. The smallest absolute Gasteiger partial charge is 0.337 e. The highest BCUT2D eigenvalue weighted by molar-refractivity contribution is 5.75. The van der Waals surface area contributed by atoms with E-state index in [4.69, 9.17) is 10.5 Å². The van der Waals surface area contributed by atoms with Gasteiger partial charge in [0, 0.05) is 0 Å². The van der Waals surface area contributed by atoms with Crippen molar-refractivity contribution in [3.05, 3.63) is 0 Å². The van der Waals surface area contributed by atoms with Crippen LogP contribution in [0.1, 0.15) is 111 Å². The molecule has 0 aromatic heterocycles. The number of nitrogens with two attached hydrogens (primary N) is 1. The molecule has 0 aliphatic rings. The van der Waals surface area contributed by atoms with Gasteiger partial charge in [-0.3, -0.25) is 0 Å². The Morgan fingerprint density at radius 3 is 1.66 bits per heavy atom. The summed E-state index contributed by atoms with van der Waals surface area (Å²) in [6, 6.07) is -1.28. The second-order valence-electron chi connectivity index (χ2n) is 9.29. The Hall–Kier alpha value is -0.690. The summed E-state index contributed by atoms with van der Waals surface area (Å²) in [5.74, 6) is -0.887. The van der Waals surface area contributed by atoms with E-state index in [2.05, 4.69) is 6.92 Å². The Labute approximate surface area is 178 Å². The van der Waals surface area contributed by atoms with Crippen LogP contribution < -0.4 is 5.73 Å². The molecule has 0 spiro atoms. The van der Waals surface area contributed by atoms with Crippen molar-refractivity contribution in [2.75, 3.05) is 0 Å². The number of esters is 1. The van der Waals surface area contributed by atoms with E-state index in [-0.39, 0.29) is 0 Å². The molecule has 174 valence electrons. The van der Waals surface area contributed by atoms with Crippen molar-refractivity contribution in [3.63, 3.8) is 0 Å². The first-order valence-corrected chi connectivity index (χ1v) is 11.6. The van der Waals surface area contributed by atoms with Gasteiger partial charge in [-0.05, 0) is 27.2 Å². The Morgan fingerprint density at radius 2 is 1.24 bits per heavy atom. The fraction of sp³-hybridized carbons (Fsp3) is 0.957. The summed E-state index contributed by atoms with van der Waals surface area (Å²) in [4.78, 5) is 11.9. The van der Waals surface area contributed by atoms with Gasteiger partial charge in [0.2, 0.25) is 0 Å². The molecule has 0 aliphatic heterocycles. The molecule has 6 heteroatoms. The van der Waals surface area contributed by atoms with Crippen LogP contribution in [-0.4, -0.2) is 51.2 Å². The summed E-state index contributed by atoms with van der Waals surface area (Å²) in [5.41, 5.74) is 5.00. The summed E-state index contributed by atoms with van der Waals surface area (Å²) >= 11 is 0. The molecule has 0 aromatic rings. The largest absolute Gasteiger partial charge is 0.458 e. The molecule has 4 atom stereocenters. The zero-order valence-corrected chi connectivity index (χ0v) is 19.2. The van der Waals surface area contributed by atoms with Crippen LogP contribution in [0.5, 0.6) is 0 Å². The van der Waals surface area contributed by atoms with Crippen LogP contribution >= 0.6 is 0 Å². The van der Waals surface area contributed by atoms with Crippen molar-refractivity contribution < 1.29 is 24.9 Å². The van der Waals surface area contributed by atoms with Crippen molar-refractivity contribution in [2.24, 2.45) is 5.73 Å². The summed E-state index contributed by atoms with van der Waals surface area (Å²) in [5, 5.41) is 30.2. The molecule has 0 heterocycles. The van der Waals surface area contributed by atoms with E-state index in [1.807, 2.05) is 0 Å². The molecule has 0 saturated carbocycles. The maximum atomic E-state index is 11.9. The lowest BCUT2D eigenvalue weighted by Crippen LogP contribution is -2.54. The van der Waals surface area contributed by atoms with E-state index < -0.39 is 35.9 Å². The predicted octanol–water partition coefficient (Wildman–Crippen LogP) is 3.83. The monoisotopic (exact) mass is 417 g/mol. The molecule has 0 amide bonds.